The Bertz CT molecular complexity index is 401. The summed E-state index contributed by atoms with van der Waals surface area (Å²) in [6.45, 7) is 0.227. The van der Waals surface area contributed by atoms with E-state index in [4.69, 9.17) is 4.74 Å². The quantitative estimate of drug-likeness (QED) is 0.840. The number of amides is 1. The maximum atomic E-state index is 11.7. The normalized spacial score (nSPS) is 16.9. The lowest BCUT2D eigenvalue weighted by Gasteiger charge is -2.19. The summed E-state index contributed by atoms with van der Waals surface area (Å²) in [5.41, 5.74) is 0.957. The molecule has 0 aliphatic heterocycles. The van der Waals surface area contributed by atoms with Gasteiger partial charge in [0.2, 0.25) is 0 Å². The molecule has 1 amide bonds. The lowest BCUT2D eigenvalue weighted by molar-refractivity contribution is 0.126. The lowest BCUT2D eigenvalue weighted by Crippen LogP contribution is -2.39. The Balaban J connectivity index is 1.71. The number of aliphatic hydroxyl groups excluding tert-OH is 1. The fourth-order valence-corrected chi connectivity index (χ4v) is 2.76. The van der Waals surface area contributed by atoms with Gasteiger partial charge in [-0.05, 0) is 17.9 Å². The Morgan fingerprint density at radius 2 is 2.00 bits per heavy atom. The number of hydrogen-bond acceptors (Lipinski definition) is 3. The average Bonchev–Trinajstić information content (AvgIpc) is 2.98. The molecule has 1 atom stereocenters. The molecule has 0 radical (unpaired) electrons. The Morgan fingerprint density at radius 1 is 1.30 bits per heavy atom. The average molecular weight is 277 g/mol. The van der Waals surface area contributed by atoms with E-state index in [0.717, 1.165) is 12.0 Å². The van der Waals surface area contributed by atoms with Gasteiger partial charge < -0.3 is 15.2 Å². The smallest absolute Gasteiger partial charge is 0.407 e. The monoisotopic (exact) mass is 277 g/mol. The standard InChI is InChI=1S/C16H23NO3/c18-11-15(10-13-6-4-5-7-13)17-16(19)20-12-14-8-2-1-3-9-14/h1-3,8-9,13,15,18H,4-7,10-12H2,(H,17,19). The second kappa shape index (κ2) is 7.90. The van der Waals surface area contributed by atoms with Gasteiger partial charge in [-0.2, -0.15) is 0 Å². The third-order valence-electron chi connectivity index (χ3n) is 3.85. The van der Waals surface area contributed by atoms with Gasteiger partial charge in [-0.15, -0.1) is 0 Å². The third kappa shape index (κ3) is 4.85. The number of hydrogen-bond donors (Lipinski definition) is 2. The van der Waals surface area contributed by atoms with Crippen molar-refractivity contribution < 1.29 is 14.6 Å². The first-order chi connectivity index (χ1) is 9.78. The van der Waals surface area contributed by atoms with E-state index in [1.807, 2.05) is 30.3 Å². The van der Waals surface area contributed by atoms with Crippen molar-refractivity contribution in [2.75, 3.05) is 6.61 Å². The van der Waals surface area contributed by atoms with Crippen molar-refractivity contribution in [3.8, 4) is 0 Å². The molecule has 20 heavy (non-hydrogen) atoms. The molecule has 1 aromatic carbocycles. The summed E-state index contributed by atoms with van der Waals surface area (Å²) in [6.07, 6.45) is 5.33. The van der Waals surface area contributed by atoms with Crippen LogP contribution in [0.1, 0.15) is 37.7 Å². The van der Waals surface area contributed by atoms with Gasteiger partial charge in [0, 0.05) is 0 Å². The molecule has 2 rings (SSSR count). The van der Waals surface area contributed by atoms with Gasteiger partial charge in [-0.3, -0.25) is 0 Å². The number of rotatable bonds is 6. The minimum Gasteiger partial charge on any atom is -0.445 e. The summed E-state index contributed by atoms with van der Waals surface area (Å²) >= 11 is 0. The van der Waals surface area contributed by atoms with Gasteiger partial charge >= 0.3 is 6.09 Å². The van der Waals surface area contributed by atoms with E-state index < -0.39 is 6.09 Å². The zero-order valence-electron chi connectivity index (χ0n) is 11.8. The third-order valence-corrected chi connectivity index (χ3v) is 3.85. The van der Waals surface area contributed by atoms with E-state index in [0.29, 0.717) is 5.92 Å². The Labute approximate surface area is 120 Å². The van der Waals surface area contributed by atoms with Gasteiger partial charge in [0.15, 0.2) is 0 Å². The predicted molar refractivity (Wildman–Crippen MR) is 77.2 cm³/mol. The molecule has 0 aromatic heterocycles. The second-order valence-corrected chi connectivity index (χ2v) is 5.47. The Hall–Kier alpha value is -1.55. The first-order valence-corrected chi connectivity index (χ1v) is 7.36. The molecule has 0 heterocycles. The number of benzene rings is 1. The van der Waals surface area contributed by atoms with Crippen molar-refractivity contribution >= 4 is 6.09 Å². The highest BCUT2D eigenvalue weighted by Crippen LogP contribution is 2.28. The minimum absolute atomic E-state index is 0.0308. The van der Waals surface area contributed by atoms with E-state index in [-0.39, 0.29) is 19.3 Å². The summed E-state index contributed by atoms with van der Waals surface area (Å²) < 4.78 is 5.16. The molecule has 2 N–H and O–H groups in total. The highest BCUT2D eigenvalue weighted by atomic mass is 16.5. The molecule has 1 aliphatic rings. The summed E-state index contributed by atoms with van der Waals surface area (Å²) in [4.78, 5) is 11.7. The Kier molecular flexibility index (Phi) is 5.87. The van der Waals surface area contributed by atoms with Gasteiger partial charge in [0.05, 0.1) is 12.6 Å². The van der Waals surface area contributed by atoms with Crippen LogP contribution in [0.15, 0.2) is 30.3 Å². The van der Waals surface area contributed by atoms with Crippen molar-refractivity contribution in [2.45, 2.75) is 44.8 Å². The first-order valence-electron chi connectivity index (χ1n) is 7.36. The predicted octanol–water partition coefficient (Wildman–Crippen LogP) is 2.85. The summed E-state index contributed by atoms with van der Waals surface area (Å²) in [5, 5.41) is 12.1. The summed E-state index contributed by atoms with van der Waals surface area (Å²) in [6, 6.07) is 9.37. The number of aliphatic hydroxyl groups is 1. The fourth-order valence-electron chi connectivity index (χ4n) is 2.76. The molecule has 1 saturated carbocycles. The van der Waals surface area contributed by atoms with E-state index in [2.05, 4.69) is 5.32 Å². The van der Waals surface area contributed by atoms with Crippen LogP contribution >= 0.6 is 0 Å². The van der Waals surface area contributed by atoms with Gasteiger partial charge in [0.25, 0.3) is 0 Å². The molecular weight excluding hydrogens is 254 g/mol. The van der Waals surface area contributed by atoms with E-state index in [1.54, 1.807) is 0 Å². The lowest BCUT2D eigenvalue weighted by atomic mass is 9.99. The molecule has 1 unspecified atom stereocenters. The maximum Gasteiger partial charge on any atom is 0.407 e. The highest BCUT2D eigenvalue weighted by molar-refractivity contribution is 5.67. The first kappa shape index (κ1) is 14.9. The summed E-state index contributed by atoms with van der Waals surface area (Å²) in [5.74, 6) is 0.626. The summed E-state index contributed by atoms with van der Waals surface area (Å²) in [7, 11) is 0. The van der Waals surface area contributed by atoms with Crippen molar-refractivity contribution in [3.63, 3.8) is 0 Å². The molecule has 1 aromatic rings. The zero-order valence-corrected chi connectivity index (χ0v) is 11.8. The van der Waals surface area contributed by atoms with Crippen LogP contribution in [0.2, 0.25) is 0 Å². The number of carbonyl (C=O) groups excluding carboxylic acids is 1. The molecule has 1 aliphatic carbocycles. The zero-order chi connectivity index (χ0) is 14.2. The van der Waals surface area contributed by atoms with Crippen molar-refractivity contribution in [1.82, 2.24) is 5.32 Å². The molecule has 0 saturated heterocycles. The number of ether oxygens (including phenoxy) is 1. The van der Waals surface area contributed by atoms with E-state index in [9.17, 15) is 9.90 Å². The molecular formula is C16H23NO3. The number of alkyl carbamates (subject to hydrolysis) is 1. The van der Waals surface area contributed by atoms with E-state index in [1.165, 1.54) is 25.7 Å². The fraction of sp³-hybridized carbons (Fsp3) is 0.562. The largest absolute Gasteiger partial charge is 0.445 e. The van der Waals surface area contributed by atoms with E-state index >= 15 is 0 Å². The van der Waals surface area contributed by atoms with Crippen LogP contribution in [0.4, 0.5) is 4.79 Å². The van der Waals surface area contributed by atoms with Crippen LogP contribution in [0.5, 0.6) is 0 Å². The topological polar surface area (TPSA) is 58.6 Å². The van der Waals surface area contributed by atoms with Crippen LogP contribution in [-0.4, -0.2) is 23.8 Å². The maximum absolute atomic E-state index is 11.7. The van der Waals surface area contributed by atoms with Crippen molar-refractivity contribution in [3.05, 3.63) is 35.9 Å². The van der Waals surface area contributed by atoms with Gasteiger partial charge in [-0.25, -0.2) is 4.79 Å². The van der Waals surface area contributed by atoms with Crippen LogP contribution in [0.3, 0.4) is 0 Å². The molecule has 4 heteroatoms. The van der Waals surface area contributed by atoms with Crippen LogP contribution in [0, 0.1) is 5.92 Å². The van der Waals surface area contributed by atoms with Crippen LogP contribution < -0.4 is 5.32 Å². The van der Waals surface area contributed by atoms with Crippen LogP contribution in [-0.2, 0) is 11.3 Å². The molecule has 110 valence electrons. The minimum atomic E-state index is -0.453. The van der Waals surface area contributed by atoms with Crippen molar-refractivity contribution in [2.24, 2.45) is 5.92 Å². The van der Waals surface area contributed by atoms with Crippen LogP contribution in [0.25, 0.3) is 0 Å². The molecule has 0 bridgehead atoms. The molecule has 0 spiro atoms. The van der Waals surface area contributed by atoms with Crippen molar-refractivity contribution in [1.29, 1.82) is 0 Å². The Morgan fingerprint density at radius 3 is 2.65 bits per heavy atom. The highest BCUT2D eigenvalue weighted by Gasteiger charge is 2.21. The van der Waals surface area contributed by atoms with Gasteiger partial charge in [0.1, 0.15) is 6.61 Å². The van der Waals surface area contributed by atoms with Gasteiger partial charge in [-0.1, -0.05) is 56.0 Å². The number of nitrogens with one attached hydrogen (secondary N) is 1. The molecule has 1 fully saturated rings. The SMILES string of the molecule is O=C(NC(CO)CC1CCCC1)OCc1ccccc1. The second-order valence-electron chi connectivity index (χ2n) is 5.47. The number of carbonyl (C=O) groups is 1. The molecule has 4 nitrogen and oxygen atoms in total.